The number of nitrogens with one attached hydrogen (secondary N) is 1. The van der Waals surface area contributed by atoms with Crippen molar-refractivity contribution < 1.29 is 14.3 Å². The van der Waals surface area contributed by atoms with Crippen LogP contribution in [0.5, 0.6) is 0 Å². The van der Waals surface area contributed by atoms with Crippen LogP contribution in [0.3, 0.4) is 0 Å². The summed E-state index contributed by atoms with van der Waals surface area (Å²) in [5.74, 6) is 0.287. The topological polar surface area (TPSA) is 47.6 Å². The fraction of sp³-hybridized carbons (Fsp3) is 0.889. The van der Waals surface area contributed by atoms with Gasteiger partial charge in [0.05, 0.1) is 20.1 Å². The van der Waals surface area contributed by atoms with Crippen molar-refractivity contribution in [1.82, 2.24) is 5.32 Å². The highest BCUT2D eigenvalue weighted by Gasteiger charge is 2.26. The maximum atomic E-state index is 11.0. The van der Waals surface area contributed by atoms with Crippen molar-refractivity contribution in [3.05, 3.63) is 0 Å². The normalized spacial score (nSPS) is 24.3. The third-order valence-corrected chi connectivity index (χ3v) is 2.52. The molecule has 0 aromatic carbocycles. The Morgan fingerprint density at radius 2 is 2.54 bits per heavy atom. The Labute approximate surface area is 78.6 Å². The molecule has 0 aromatic rings. The number of ether oxygens (including phenoxy) is 2. The minimum absolute atomic E-state index is 0.161. The van der Waals surface area contributed by atoms with Gasteiger partial charge in [0.1, 0.15) is 0 Å². The van der Waals surface area contributed by atoms with Gasteiger partial charge < -0.3 is 14.8 Å². The van der Waals surface area contributed by atoms with Crippen molar-refractivity contribution in [2.75, 3.05) is 27.4 Å². The van der Waals surface area contributed by atoms with E-state index in [0.717, 1.165) is 19.6 Å². The van der Waals surface area contributed by atoms with E-state index in [1.54, 1.807) is 0 Å². The molecule has 1 aliphatic heterocycles. The van der Waals surface area contributed by atoms with Gasteiger partial charge in [0.2, 0.25) is 0 Å². The Morgan fingerprint density at radius 1 is 1.77 bits per heavy atom. The first-order valence-corrected chi connectivity index (χ1v) is 4.59. The van der Waals surface area contributed by atoms with Gasteiger partial charge in [-0.1, -0.05) is 0 Å². The lowest BCUT2D eigenvalue weighted by molar-refractivity contribution is -0.141. The third kappa shape index (κ3) is 2.97. The predicted molar refractivity (Wildman–Crippen MR) is 48.4 cm³/mol. The van der Waals surface area contributed by atoms with E-state index in [2.05, 4.69) is 10.1 Å². The molecule has 0 aliphatic carbocycles. The van der Waals surface area contributed by atoms with Crippen LogP contribution in [-0.2, 0) is 14.3 Å². The first kappa shape index (κ1) is 10.5. The van der Waals surface area contributed by atoms with Crippen molar-refractivity contribution in [2.45, 2.75) is 18.9 Å². The lowest BCUT2D eigenvalue weighted by Crippen LogP contribution is -2.36. The average molecular weight is 187 g/mol. The summed E-state index contributed by atoms with van der Waals surface area (Å²) in [4.78, 5) is 11.0. The van der Waals surface area contributed by atoms with E-state index < -0.39 is 0 Å². The molecular weight excluding hydrogens is 170 g/mol. The summed E-state index contributed by atoms with van der Waals surface area (Å²) in [5.41, 5.74) is 0. The summed E-state index contributed by atoms with van der Waals surface area (Å²) in [6.07, 6.45) is 1.46. The van der Waals surface area contributed by atoms with E-state index in [-0.39, 0.29) is 12.0 Å². The van der Waals surface area contributed by atoms with Gasteiger partial charge in [-0.05, 0) is 13.5 Å². The van der Waals surface area contributed by atoms with Crippen LogP contribution in [0.15, 0.2) is 0 Å². The lowest BCUT2D eigenvalue weighted by atomic mass is 9.96. The van der Waals surface area contributed by atoms with Crippen LogP contribution in [0.1, 0.15) is 12.8 Å². The molecule has 2 unspecified atom stereocenters. The number of carbonyl (C=O) groups is 1. The quantitative estimate of drug-likeness (QED) is 0.637. The molecule has 4 heteroatoms. The molecule has 0 saturated carbocycles. The van der Waals surface area contributed by atoms with Crippen LogP contribution in [-0.4, -0.2) is 39.4 Å². The second-order valence-corrected chi connectivity index (χ2v) is 3.30. The molecule has 1 heterocycles. The van der Waals surface area contributed by atoms with Gasteiger partial charge in [0.25, 0.3) is 0 Å². The Balaban J connectivity index is 2.37. The summed E-state index contributed by atoms with van der Waals surface area (Å²) >= 11 is 0. The summed E-state index contributed by atoms with van der Waals surface area (Å²) in [7, 11) is 3.28. The third-order valence-electron chi connectivity index (χ3n) is 2.52. The second kappa shape index (κ2) is 5.19. The Hall–Kier alpha value is -0.610. The Kier molecular flexibility index (Phi) is 4.18. The molecule has 2 atom stereocenters. The Bertz CT molecular complexity index is 166. The number of rotatable bonds is 4. The average Bonchev–Trinajstić information content (AvgIpc) is 2.66. The largest absolute Gasteiger partial charge is 0.469 e. The van der Waals surface area contributed by atoms with Crippen LogP contribution in [0.4, 0.5) is 0 Å². The molecule has 0 amide bonds. The number of carbonyl (C=O) groups excluding carboxylic acids is 1. The molecule has 1 N–H and O–H groups in total. The first-order valence-electron chi connectivity index (χ1n) is 4.59. The minimum Gasteiger partial charge on any atom is -0.469 e. The van der Waals surface area contributed by atoms with Gasteiger partial charge in [0, 0.05) is 18.6 Å². The monoisotopic (exact) mass is 187 g/mol. The molecule has 1 rings (SSSR count). The predicted octanol–water partition coefficient (Wildman–Crippen LogP) is 0.174. The zero-order chi connectivity index (χ0) is 9.68. The molecule has 0 bridgehead atoms. The molecule has 76 valence electrons. The smallest absolute Gasteiger partial charge is 0.307 e. The number of hydrogen-bond donors (Lipinski definition) is 1. The van der Waals surface area contributed by atoms with Crippen molar-refractivity contribution in [1.29, 1.82) is 0 Å². The number of methoxy groups -OCH3 is 1. The van der Waals surface area contributed by atoms with Crippen LogP contribution < -0.4 is 5.32 Å². The van der Waals surface area contributed by atoms with E-state index in [1.807, 2.05) is 7.05 Å². The van der Waals surface area contributed by atoms with Gasteiger partial charge in [0.15, 0.2) is 0 Å². The van der Waals surface area contributed by atoms with E-state index in [1.165, 1.54) is 7.11 Å². The van der Waals surface area contributed by atoms with E-state index in [0.29, 0.717) is 12.3 Å². The second-order valence-electron chi connectivity index (χ2n) is 3.30. The molecule has 1 aliphatic rings. The summed E-state index contributed by atoms with van der Waals surface area (Å²) in [5, 5.41) is 3.13. The summed E-state index contributed by atoms with van der Waals surface area (Å²) in [6, 6.07) is 0.190. The van der Waals surface area contributed by atoms with Crippen molar-refractivity contribution in [2.24, 2.45) is 5.92 Å². The van der Waals surface area contributed by atoms with Crippen molar-refractivity contribution in [3.8, 4) is 0 Å². The highest BCUT2D eigenvalue weighted by molar-refractivity contribution is 5.69. The van der Waals surface area contributed by atoms with Crippen LogP contribution in [0.2, 0.25) is 0 Å². The van der Waals surface area contributed by atoms with E-state index in [9.17, 15) is 4.79 Å². The van der Waals surface area contributed by atoms with Gasteiger partial charge in [-0.2, -0.15) is 0 Å². The standard InChI is InChI=1S/C9H17NO3/c1-10-8(5-9(11)12-2)7-3-4-13-6-7/h7-8,10H,3-6H2,1-2H3. The maximum Gasteiger partial charge on any atom is 0.307 e. The number of hydrogen-bond acceptors (Lipinski definition) is 4. The van der Waals surface area contributed by atoms with Gasteiger partial charge in [-0.25, -0.2) is 0 Å². The number of esters is 1. The maximum absolute atomic E-state index is 11.0. The highest BCUT2D eigenvalue weighted by atomic mass is 16.5. The molecule has 0 aromatic heterocycles. The van der Waals surface area contributed by atoms with Crippen LogP contribution in [0.25, 0.3) is 0 Å². The molecular formula is C9H17NO3. The fourth-order valence-corrected chi connectivity index (χ4v) is 1.64. The molecule has 13 heavy (non-hydrogen) atoms. The Morgan fingerprint density at radius 3 is 3.00 bits per heavy atom. The molecule has 0 radical (unpaired) electrons. The zero-order valence-electron chi connectivity index (χ0n) is 8.21. The fourth-order valence-electron chi connectivity index (χ4n) is 1.64. The van der Waals surface area contributed by atoms with E-state index >= 15 is 0 Å². The summed E-state index contributed by atoms with van der Waals surface area (Å²) < 4.78 is 9.89. The van der Waals surface area contributed by atoms with Gasteiger partial charge in [-0.15, -0.1) is 0 Å². The minimum atomic E-state index is -0.161. The van der Waals surface area contributed by atoms with Crippen molar-refractivity contribution >= 4 is 5.97 Å². The molecule has 0 spiro atoms. The van der Waals surface area contributed by atoms with Gasteiger partial charge in [-0.3, -0.25) is 4.79 Å². The first-order chi connectivity index (χ1) is 6.27. The van der Waals surface area contributed by atoms with Crippen LogP contribution >= 0.6 is 0 Å². The van der Waals surface area contributed by atoms with Gasteiger partial charge >= 0.3 is 5.97 Å². The molecule has 4 nitrogen and oxygen atoms in total. The highest BCUT2D eigenvalue weighted by Crippen LogP contribution is 2.18. The molecule has 1 saturated heterocycles. The van der Waals surface area contributed by atoms with E-state index in [4.69, 9.17) is 4.74 Å². The van der Waals surface area contributed by atoms with Crippen LogP contribution in [0, 0.1) is 5.92 Å². The zero-order valence-corrected chi connectivity index (χ0v) is 8.21. The molecule has 1 fully saturated rings. The summed E-state index contributed by atoms with van der Waals surface area (Å²) in [6.45, 7) is 1.56. The lowest BCUT2D eigenvalue weighted by Gasteiger charge is -2.20. The van der Waals surface area contributed by atoms with Crippen molar-refractivity contribution in [3.63, 3.8) is 0 Å². The SMILES string of the molecule is CNC(CC(=O)OC)C1CCOC1.